The van der Waals surface area contributed by atoms with Crippen LogP contribution in [0.3, 0.4) is 0 Å². The van der Waals surface area contributed by atoms with Gasteiger partial charge in [0.2, 0.25) is 5.91 Å². The molecule has 23 heavy (non-hydrogen) atoms. The first-order valence-electron chi connectivity index (χ1n) is 6.99. The average Bonchev–Trinajstić information content (AvgIpc) is 3.08. The van der Waals surface area contributed by atoms with Gasteiger partial charge in [0.25, 0.3) is 5.69 Å². The minimum atomic E-state index is -0.481. The number of piperazine rings is 1. The Morgan fingerprint density at radius 2 is 2.09 bits per heavy atom. The summed E-state index contributed by atoms with van der Waals surface area (Å²) in [6.07, 6.45) is 1.36. The maximum Gasteiger partial charge on any atom is 0.287 e. The number of hydrogen-bond donors (Lipinski definition) is 1. The molecule has 0 unspecified atom stereocenters. The molecule has 2 aromatic rings. The van der Waals surface area contributed by atoms with Gasteiger partial charge in [0.15, 0.2) is 5.82 Å². The molecule has 0 radical (unpaired) electrons. The number of carbonyl (C=O) groups is 1. The highest BCUT2D eigenvalue weighted by molar-refractivity contribution is 5.78. The van der Waals surface area contributed by atoms with Crippen LogP contribution in [0.2, 0.25) is 0 Å². The maximum atomic E-state index is 12.1. The molecule has 1 aliphatic heterocycles. The molecular weight excluding hydrogens is 304 g/mol. The van der Waals surface area contributed by atoms with E-state index in [1.165, 1.54) is 12.3 Å². The average molecular weight is 318 g/mol. The van der Waals surface area contributed by atoms with Gasteiger partial charge in [0.05, 0.1) is 11.3 Å². The van der Waals surface area contributed by atoms with Crippen molar-refractivity contribution < 1.29 is 9.72 Å². The highest BCUT2D eigenvalue weighted by Gasteiger charge is 2.23. The van der Waals surface area contributed by atoms with Gasteiger partial charge in [-0.2, -0.15) is 5.21 Å². The second-order valence-corrected chi connectivity index (χ2v) is 5.00. The van der Waals surface area contributed by atoms with Crippen molar-refractivity contribution in [3.8, 4) is 0 Å². The van der Waals surface area contributed by atoms with E-state index >= 15 is 0 Å². The second kappa shape index (κ2) is 6.34. The van der Waals surface area contributed by atoms with Crippen molar-refractivity contribution in [3.63, 3.8) is 0 Å². The molecule has 0 atom stereocenters. The summed E-state index contributed by atoms with van der Waals surface area (Å²) in [7, 11) is 0. The van der Waals surface area contributed by atoms with Crippen molar-refractivity contribution >= 4 is 17.4 Å². The Kier molecular flexibility index (Phi) is 4.08. The molecule has 1 amide bonds. The number of hydrogen-bond acceptors (Lipinski definition) is 8. The third-order valence-electron chi connectivity index (χ3n) is 3.60. The fourth-order valence-electron chi connectivity index (χ4n) is 2.36. The number of carbonyl (C=O) groups excluding carboxylic acids is 1. The van der Waals surface area contributed by atoms with E-state index in [9.17, 15) is 14.9 Å². The van der Waals surface area contributed by atoms with E-state index in [4.69, 9.17) is 0 Å². The van der Waals surface area contributed by atoms with Gasteiger partial charge < -0.3 is 9.80 Å². The number of nitrogens with one attached hydrogen (secondary N) is 1. The van der Waals surface area contributed by atoms with Crippen LogP contribution in [0.1, 0.15) is 5.82 Å². The van der Waals surface area contributed by atoms with Crippen LogP contribution in [-0.4, -0.2) is 67.5 Å². The number of amides is 1. The number of tetrazole rings is 1. The van der Waals surface area contributed by atoms with Gasteiger partial charge in [-0.15, -0.1) is 10.2 Å². The van der Waals surface area contributed by atoms with Crippen LogP contribution in [-0.2, 0) is 11.2 Å². The zero-order chi connectivity index (χ0) is 16.2. The summed E-state index contributed by atoms with van der Waals surface area (Å²) in [6, 6.07) is 3.05. The third-order valence-corrected chi connectivity index (χ3v) is 3.60. The summed E-state index contributed by atoms with van der Waals surface area (Å²) >= 11 is 0. The van der Waals surface area contributed by atoms with Gasteiger partial charge in [0.1, 0.15) is 12.0 Å². The Balaban J connectivity index is 1.55. The quantitative estimate of drug-likeness (QED) is 0.583. The lowest BCUT2D eigenvalue weighted by molar-refractivity contribution is -0.385. The molecule has 3 heterocycles. The first kappa shape index (κ1) is 14.8. The molecule has 2 aromatic heterocycles. The Morgan fingerprint density at radius 1 is 1.30 bits per heavy atom. The molecule has 0 aliphatic carbocycles. The van der Waals surface area contributed by atoms with E-state index in [2.05, 4.69) is 25.6 Å². The Morgan fingerprint density at radius 3 is 2.65 bits per heavy atom. The first-order valence-corrected chi connectivity index (χ1v) is 6.99. The van der Waals surface area contributed by atoms with E-state index in [-0.39, 0.29) is 18.0 Å². The van der Waals surface area contributed by atoms with Crippen LogP contribution in [0.5, 0.6) is 0 Å². The Labute approximate surface area is 130 Å². The Bertz CT molecular complexity index is 679. The van der Waals surface area contributed by atoms with Crippen LogP contribution in [0.15, 0.2) is 18.3 Å². The highest BCUT2D eigenvalue weighted by Crippen LogP contribution is 2.17. The van der Waals surface area contributed by atoms with Crippen molar-refractivity contribution in [3.05, 3.63) is 34.3 Å². The summed E-state index contributed by atoms with van der Waals surface area (Å²) in [6.45, 7) is 2.33. The van der Waals surface area contributed by atoms with Crippen LogP contribution in [0, 0.1) is 10.1 Å². The Hall–Kier alpha value is -3.11. The monoisotopic (exact) mass is 318 g/mol. The molecule has 11 heteroatoms. The lowest BCUT2D eigenvalue weighted by Crippen LogP contribution is -2.49. The standard InChI is InChI=1S/C12H14N8O3/c21-12(7-10-14-16-17-15-10)19-5-3-18(4-6-19)11-2-1-9(8-13-11)20(22)23/h1-2,8H,3-7H2,(H,14,15,16,17). The van der Waals surface area contributed by atoms with E-state index in [0.717, 1.165) is 0 Å². The topological polar surface area (TPSA) is 134 Å². The van der Waals surface area contributed by atoms with Crippen LogP contribution >= 0.6 is 0 Å². The minimum Gasteiger partial charge on any atom is -0.353 e. The molecule has 0 aromatic carbocycles. The predicted octanol–water partition coefficient (Wildman–Crippen LogP) is -0.606. The van der Waals surface area contributed by atoms with Crippen molar-refractivity contribution in [2.75, 3.05) is 31.1 Å². The van der Waals surface area contributed by atoms with Gasteiger partial charge in [-0.1, -0.05) is 5.21 Å². The van der Waals surface area contributed by atoms with Gasteiger partial charge in [-0.25, -0.2) is 4.98 Å². The van der Waals surface area contributed by atoms with Gasteiger partial charge >= 0.3 is 0 Å². The second-order valence-electron chi connectivity index (χ2n) is 5.00. The molecule has 1 aliphatic rings. The fraction of sp³-hybridized carbons (Fsp3) is 0.417. The summed E-state index contributed by atoms with van der Waals surface area (Å²) in [4.78, 5) is 30.1. The molecule has 1 N–H and O–H groups in total. The number of pyridine rings is 1. The summed E-state index contributed by atoms with van der Waals surface area (Å²) in [5, 5.41) is 23.9. The SMILES string of the molecule is O=C(Cc1nn[nH]n1)N1CCN(c2ccc([N+](=O)[O-])cn2)CC1. The van der Waals surface area contributed by atoms with Gasteiger partial charge in [-0.3, -0.25) is 14.9 Å². The normalized spacial score (nSPS) is 14.8. The predicted molar refractivity (Wildman–Crippen MR) is 77.6 cm³/mol. The van der Waals surface area contributed by atoms with E-state index < -0.39 is 4.92 Å². The molecule has 11 nitrogen and oxygen atoms in total. The maximum absolute atomic E-state index is 12.1. The number of aromatic nitrogens is 5. The van der Waals surface area contributed by atoms with E-state index in [0.29, 0.717) is 37.8 Å². The number of rotatable bonds is 4. The third kappa shape index (κ3) is 3.39. The van der Waals surface area contributed by atoms with E-state index in [1.54, 1.807) is 11.0 Å². The molecule has 0 saturated carbocycles. The zero-order valence-corrected chi connectivity index (χ0v) is 12.1. The first-order chi connectivity index (χ1) is 11.1. The number of aromatic amines is 1. The number of anilines is 1. The zero-order valence-electron chi connectivity index (χ0n) is 12.1. The molecule has 1 fully saturated rings. The summed E-state index contributed by atoms with van der Waals surface area (Å²) in [5.41, 5.74) is -0.0392. The largest absolute Gasteiger partial charge is 0.353 e. The molecule has 0 bridgehead atoms. The summed E-state index contributed by atoms with van der Waals surface area (Å²) in [5.74, 6) is 0.984. The number of H-pyrrole nitrogens is 1. The van der Waals surface area contributed by atoms with Gasteiger partial charge in [-0.05, 0) is 6.07 Å². The van der Waals surface area contributed by atoms with Gasteiger partial charge in [0, 0.05) is 32.2 Å². The number of nitrogens with zero attached hydrogens (tertiary/aromatic N) is 7. The van der Waals surface area contributed by atoms with Crippen molar-refractivity contribution in [2.45, 2.75) is 6.42 Å². The lowest BCUT2D eigenvalue weighted by Gasteiger charge is -2.35. The van der Waals surface area contributed by atoms with Crippen LogP contribution < -0.4 is 4.90 Å². The summed E-state index contributed by atoms with van der Waals surface area (Å²) < 4.78 is 0. The van der Waals surface area contributed by atoms with Crippen molar-refractivity contribution in [2.24, 2.45) is 0 Å². The van der Waals surface area contributed by atoms with Crippen LogP contribution in [0.4, 0.5) is 11.5 Å². The minimum absolute atomic E-state index is 0.0392. The lowest BCUT2D eigenvalue weighted by atomic mass is 10.2. The fourth-order valence-corrected chi connectivity index (χ4v) is 2.36. The van der Waals surface area contributed by atoms with Crippen molar-refractivity contribution in [1.29, 1.82) is 0 Å². The molecule has 0 spiro atoms. The molecule has 1 saturated heterocycles. The van der Waals surface area contributed by atoms with E-state index in [1.807, 2.05) is 4.90 Å². The number of nitro groups is 1. The molecule has 3 rings (SSSR count). The smallest absolute Gasteiger partial charge is 0.287 e. The molecular formula is C12H14N8O3. The van der Waals surface area contributed by atoms with Crippen molar-refractivity contribution in [1.82, 2.24) is 30.5 Å². The van der Waals surface area contributed by atoms with Crippen LogP contribution in [0.25, 0.3) is 0 Å². The highest BCUT2D eigenvalue weighted by atomic mass is 16.6. The molecule has 120 valence electrons.